The highest BCUT2D eigenvalue weighted by atomic mass is 79.9. The summed E-state index contributed by atoms with van der Waals surface area (Å²) < 4.78 is 0.976. The highest BCUT2D eigenvalue weighted by Crippen LogP contribution is 2.34. The van der Waals surface area contributed by atoms with Crippen LogP contribution in [0.25, 0.3) is 0 Å². The fourth-order valence-electron chi connectivity index (χ4n) is 1.42. The Labute approximate surface area is 91.5 Å². The SMILES string of the molecule is O=C1CC2(C=C(Br)C(=O)C(Br)=C2)N1. The van der Waals surface area contributed by atoms with E-state index in [1.54, 1.807) is 12.2 Å². The predicted octanol–water partition coefficient (Wildman–Crippen LogP) is 1.39. The maximum atomic E-state index is 11.3. The molecule has 2 aliphatic rings. The Balaban J connectivity index is 2.35. The van der Waals surface area contributed by atoms with Crippen LogP contribution < -0.4 is 5.32 Å². The van der Waals surface area contributed by atoms with Crippen LogP contribution in [0.15, 0.2) is 21.1 Å². The lowest BCUT2D eigenvalue weighted by Crippen LogP contribution is -2.59. The van der Waals surface area contributed by atoms with Gasteiger partial charge >= 0.3 is 0 Å². The van der Waals surface area contributed by atoms with Gasteiger partial charge in [-0.3, -0.25) is 9.59 Å². The first-order chi connectivity index (χ1) is 6.02. The summed E-state index contributed by atoms with van der Waals surface area (Å²) in [6.45, 7) is 0. The Morgan fingerprint density at radius 1 is 1.23 bits per heavy atom. The van der Waals surface area contributed by atoms with E-state index in [0.29, 0.717) is 15.4 Å². The average Bonchev–Trinajstić information content (AvgIpc) is 1.97. The zero-order valence-electron chi connectivity index (χ0n) is 6.43. The molecule has 1 amide bonds. The molecule has 0 unspecified atom stereocenters. The summed E-state index contributed by atoms with van der Waals surface area (Å²) in [5.41, 5.74) is -0.442. The van der Waals surface area contributed by atoms with Crippen LogP contribution in [0.4, 0.5) is 0 Å². The van der Waals surface area contributed by atoms with Crippen LogP contribution in [0.5, 0.6) is 0 Å². The summed E-state index contributed by atoms with van der Waals surface area (Å²) >= 11 is 6.31. The van der Waals surface area contributed by atoms with Gasteiger partial charge in [0.2, 0.25) is 11.7 Å². The van der Waals surface area contributed by atoms with Crippen molar-refractivity contribution >= 4 is 43.6 Å². The number of nitrogens with one attached hydrogen (secondary N) is 1. The zero-order chi connectivity index (χ0) is 9.64. The first kappa shape index (κ1) is 9.15. The first-order valence-corrected chi connectivity index (χ1v) is 5.23. The summed E-state index contributed by atoms with van der Waals surface area (Å²) in [5.74, 6) is -0.0887. The van der Waals surface area contributed by atoms with E-state index in [4.69, 9.17) is 0 Å². The molecule has 68 valence electrons. The van der Waals surface area contributed by atoms with Gasteiger partial charge in [-0.05, 0) is 44.0 Å². The van der Waals surface area contributed by atoms with Gasteiger partial charge in [0, 0.05) is 0 Å². The van der Waals surface area contributed by atoms with Crippen molar-refractivity contribution in [2.24, 2.45) is 0 Å². The quantitative estimate of drug-likeness (QED) is 0.687. The summed E-state index contributed by atoms with van der Waals surface area (Å²) in [4.78, 5) is 22.1. The van der Waals surface area contributed by atoms with Crippen molar-refractivity contribution in [1.82, 2.24) is 5.32 Å². The standard InChI is InChI=1S/C8H5Br2NO2/c9-4-1-8(3-6(12)11-8)2-5(10)7(4)13/h1-2H,3H2,(H,11,12). The number of β-lactam (4-membered cyclic amide) rings is 1. The number of allylic oxidation sites excluding steroid dienone is 2. The van der Waals surface area contributed by atoms with E-state index in [2.05, 4.69) is 37.2 Å². The molecule has 5 heteroatoms. The van der Waals surface area contributed by atoms with E-state index in [9.17, 15) is 9.59 Å². The second-order valence-electron chi connectivity index (χ2n) is 3.08. The lowest BCUT2D eigenvalue weighted by molar-refractivity contribution is -0.129. The van der Waals surface area contributed by atoms with Gasteiger partial charge in [0.1, 0.15) is 0 Å². The number of hydrogen-bond donors (Lipinski definition) is 1. The molecule has 0 bridgehead atoms. The van der Waals surface area contributed by atoms with E-state index in [0.717, 1.165) is 0 Å². The number of amides is 1. The van der Waals surface area contributed by atoms with Crippen molar-refractivity contribution in [1.29, 1.82) is 0 Å². The van der Waals surface area contributed by atoms with Gasteiger partial charge in [-0.25, -0.2) is 0 Å². The van der Waals surface area contributed by atoms with Crippen LogP contribution in [0.2, 0.25) is 0 Å². The van der Waals surface area contributed by atoms with Crippen molar-refractivity contribution in [2.75, 3.05) is 0 Å². The lowest BCUT2D eigenvalue weighted by Gasteiger charge is -2.39. The monoisotopic (exact) mass is 305 g/mol. The van der Waals surface area contributed by atoms with Crippen LogP contribution in [-0.2, 0) is 9.59 Å². The van der Waals surface area contributed by atoms with Crippen LogP contribution in [0.1, 0.15) is 6.42 Å². The van der Waals surface area contributed by atoms with E-state index in [1.165, 1.54) is 0 Å². The molecular weight excluding hydrogens is 302 g/mol. The molecule has 3 nitrogen and oxygen atoms in total. The lowest BCUT2D eigenvalue weighted by atomic mass is 9.83. The van der Waals surface area contributed by atoms with Crippen molar-refractivity contribution in [2.45, 2.75) is 12.0 Å². The van der Waals surface area contributed by atoms with E-state index in [1.807, 2.05) is 0 Å². The van der Waals surface area contributed by atoms with E-state index in [-0.39, 0.29) is 11.7 Å². The maximum absolute atomic E-state index is 11.3. The normalized spacial score (nSPS) is 24.8. The molecule has 0 aromatic rings. The fraction of sp³-hybridized carbons (Fsp3) is 0.250. The third-order valence-corrected chi connectivity index (χ3v) is 3.21. The Bertz CT molecular complexity index is 338. The minimum Gasteiger partial charge on any atom is -0.343 e. The molecule has 0 atom stereocenters. The number of ketones is 1. The molecule has 0 saturated carbocycles. The largest absolute Gasteiger partial charge is 0.343 e. The molecule has 1 aliphatic carbocycles. The molecule has 1 fully saturated rings. The number of carbonyl (C=O) groups is 2. The zero-order valence-corrected chi connectivity index (χ0v) is 9.61. The van der Waals surface area contributed by atoms with Crippen LogP contribution in [0, 0.1) is 0 Å². The van der Waals surface area contributed by atoms with Crippen molar-refractivity contribution in [3.8, 4) is 0 Å². The van der Waals surface area contributed by atoms with Crippen molar-refractivity contribution in [3.05, 3.63) is 21.1 Å². The van der Waals surface area contributed by atoms with Crippen LogP contribution >= 0.6 is 31.9 Å². The molecule has 0 aromatic carbocycles. The minimum absolute atomic E-state index is 0.00227. The number of carbonyl (C=O) groups excluding carboxylic acids is 2. The summed E-state index contributed by atoms with van der Waals surface area (Å²) in [6, 6.07) is 0. The fourth-order valence-corrected chi connectivity index (χ4v) is 2.93. The van der Waals surface area contributed by atoms with Crippen LogP contribution in [0.3, 0.4) is 0 Å². The molecular formula is C8H5Br2NO2. The molecule has 0 aromatic heterocycles. The van der Waals surface area contributed by atoms with Crippen molar-refractivity contribution in [3.63, 3.8) is 0 Å². The highest BCUT2D eigenvalue weighted by Gasteiger charge is 2.42. The molecule has 1 heterocycles. The number of halogens is 2. The second kappa shape index (κ2) is 2.78. The van der Waals surface area contributed by atoms with Gasteiger partial charge in [0.25, 0.3) is 0 Å². The van der Waals surface area contributed by atoms with Gasteiger partial charge in [-0.2, -0.15) is 0 Å². The van der Waals surface area contributed by atoms with E-state index < -0.39 is 5.54 Å². The van der Waals surface area contributed by atoms with Crippen LogP contribution in [-0.4, -0.2) is 17.2 Å². The van der Waals surface area contributed by atoms with Gasteiger partial charge in [-0.15, -0.1) is 0 Å². The molecule has 13 heavy (non-hydrogen) atoms. The van der Waals surface area contributed by atoms with Gasteiger partial charge in [-0.1, -0.05) is 0 Å². The number of rotatable bonds is 0. The van der Waals surface area contributed by atoms with Gasteiger partial charge in [0.05, 0.1) is 20.9 Å². The highest BCUT2D eigenvalue weighted by molar-refractivity contribution is 9.13. The summed E-state index contributed by atoms with van der Waals surface area (Å²) in [6.07, 6.45) is 3.85. The second-order valence-corrected chi connectivity index (χ2v) is 4.79. The third-order valence-electron chi connectivity index (χ3n) is 2.03. The Morgan fingerprint density at radius 2 is 1.69 bits per heavy atom. The Morgan fingerprint density at radius 3 is 2.08 bits per heavy atom. The smallest absolute Gasteiger partial charge is 0.223 e. The number of hydrogen-bond acceptors (Lipinski definition) is 2. The summed E-state index contributed by atoms with van der Waals surface area (Å²) in [7, 11) is 0. The summed E-state index contributed by atoms with van der Waals surface area (Å²) in [5, 5.41) is 2.74. The molecule has 0 radical (unpaired) electrons. The maximum Gasteiger partial charge on any atom is 0.223 e. The molecule has 1 aliphatic heterocycles. The van der Waals surface area contributed by atoms with Gasteiger partial charge in [0.15, 0.2) is 0 Å². The molecule has 1 N–H and O–H groups in total. The Hall–Kier alpha value is -0.420. The third kappa shape index (κ3) is 1.40. The molecule has 1 saturated heterocycles. The Kier molecular flexibility index (Phi) is 1.96. The topological polar surface area (TPSA) is 46.2 Å². The predicted molar refractivity (Wildman–Crippen MR) is 54.5 cm³/mol. The average molecular weight is 307 g/mol. The first-order valence-electron chi connectivity index (χ1n) is 3.65. The van der Waals surface area contributed by atoms with Crippen molar-refractivity contribution < 1.29 is 9.59 Å². The van der Waals surface area contributed by atoms with E-state index >= 15 is 0 Å². The molecule has 2 rings (SSSR count). The minimum atomic E-state index is -0.442. The molecule has 1 spiro atoms. The number of Topliss-reactive ketones (excluding diaryl/α,β-unsaturated/α-hetero) is 1. The van der Waals surface area contributed by atoms with Gasteiger partial charge < -0.3 is 5.32 Å².